The van der Waals surface area contributed by atoms with E-state index in [2.05, 4.69) is 33.4 Å². The largest absolute Gasteiger partial charge is 0.324 e. The van der Waals surface area contributed by atoms with Crippen LogP contribution < -0.4 is 5.32 Å². The molecular weight excluding hydrogens is 516 g/mol. The zero-order valence-electron chi connectivity index (χ0n) is 18.6. The lowest BCUT2D eigenvalue weighted by Gasteiger charge is -2.37. The van der Waals surface area contributed by atoms with Gasteiger partial charge in [-0.3, -0.25) is 19.3 Å². The maximum Gasteiger partial charge on any atom is 0.248 e. The van der Waals surface area contributed by atoms with Crippen molar-refractivity contribution in [1.29, 1.82) is 0 Å². The second-order valence-corrected chi connectivity index (χ2v) is 11.2. The molecule has 2 aromatic carbocycles. The molecule has 1 heterocycles. The number of amides is 3. The molecule has 7 atom stereocenters. The van der Waals surface area contributed by atoms with Crippen LogP contribution >= 0.6 is 27.5 Å². The van der Waals surface area contributed by atoms with Crippen LogP contribution in [0.1, 0.15) is 17.5 Å². The molecule has 0 aromatic heterocycles. The van der Waals surface area contributed by atoms with Gasteiger partial charge < -0.3 is 5.32 Å². The fourth-order valence-corrected chi connectivity index (χ4v) is 7.04. The number of imide groups is 1. The van der Waals surface area contributed by atoms with Gasteiger partial charge in [0.2, 0.25) is 17.7 Å². The van der Waals surface area contributed by atoms with Gasteiger partial charge in [-0.05, 0) is 76.2 Å². The van der Waals surface area contributed by atoms with Crippen molar-refractivity contribution in [2.45, 2.75) is 25.8 Å². The molecule has 3 fully saturated rings. The smallest absolute Gasteiger partial charge is 0.248 e. The molecule has 0 radical (unpaired) electrons. The van der Waals surface area contributed by atoms with Gasteiger partial charge in [-0.15, -0.1) is 0 Å². The molecule has 3 amide bonds. The number of nitrogens with zero attached hydrogens (tertiary/aromatic N) is 1. The van der Waals surface area contributed by atoms with Crippen LogP contribution in [-0.4, -0.2) is 28.7 Å². The van der Waals surface area contributed by atoms with Crippen molar-refractivity contribution in [2.24, 2.45) is 35.5 Å². The molecule has 0 spiro atoms. The minimum atomic E-state index is -0.925. The number of benzene rings is 2. The Bertz CT molecular complexity index is 1210. The molecule has 5 nitrogen and oxygen atoms in total. The van der Waals surface area contributed by atoms with Crippen molar-refractivity contribution in [3.05, 3.63) is 75.2 Å². The van der Waals surface area contributed by atoms with Gasteiger partial charge in [0.25, 0.3) is 0 Å². The number of hydrogen-bond acceptors (Lipinski definition) is 3. The molecule has 7 rings (SSSR count). The van der Waals surface area contributed by atoms with E-state index in [1.807, 2.05) is 43.3 Å². The number of carbonyl (C=O) groups is 3. The van der Waals surface area contributed by atoms with Gasteiger partial charge in [0.05, 0.1) is 16.9 Å². The minimum Gasteiger partial charge on any atom is -0.324 e. The number of nitrogens with one attached hydrogen (secondary N) is 1. The zero-order valence-corrected chi connectivity index (χ0v) is 20.9. The lowest BCUT2D eigenvalue weighted by molar-refractivity contribution is -0.146. The Kier molecular flexibility index (Phi) is 5.23. The molecular formula is C27H24BrClN2O3. The molecule has 4 aliphatic carbocycles. The fourth-order valence-electron chi connectivity index (χ4n) is 6.42. The molecule has 174 valence electrons. The van der Waals surface area contributed by atoms with Gasteiger partial charge in [-0.1, -0.05) is 54.1 Å². The van der Waals surface area contributed by atoms with Crippen LogP contribution in [0.2, 0.25) is 5.02 Å². The highest BCUT2D eigenvalue weighted by Gasteiger charge is 2.67. The molecule has 34 heavy (non-hydrogen) atoms. The SMILES string of the molecule is Cc1cc(Br)c(Cl)cc1NC(=O)[C@H](Cc1ccccc1)N1C(=O)[C@@H]2[C@@H]3C=C[C@H]([C@H]4C[C@H]34)[C@@H]2C1=O. The number of likely N-dealkylation sites (tertiary alicyclic amines) is 1. The van der Waals surface area contributed by atoms with Gasteiger partial charge in [-0.25, -0.2) is 0 Å². The Morgan fingerprint density at radius 2 is 1.71 bits per heavy atom. The van der Waals surface area contributed by atoms with Gasteiger partial charge in [0, 0.05) is 16.6 Å². The zero-order chi connectivity index (χ0) is 23.7. The van der Waals surface area contributed by atoms with E-state index < -0.39 is 6.04 Å². The number of aryl methyl sites for hydroxylation is 1. The van der Waals surface area contributed by atoms with E-state index in [9.17, 15) is 14.4 Å². The molecule has 2 bridgehead atoms. The summed E-state index contributed by atoms with van der Waals surface area (Å²) < 4.78 is 0.737. The van der Waals surface area contributed by atoms with E-state index >= 15 is 0 Å². The van der Waals surface area contributed by atoms with E-state index in [4.69, 9.17) is 11.6 Å². The highest BCUT2D eigenvalue weighted by Crippen LogP contribution is 2.65. The summed E-state index contributed by atoms with van der Waals surface area (Å²) in [5.41, 5.74) is 2.29. The molecule has 0 unspecified atom stereocenters. The lowest BCUT2D eigenvalue weighted by Crippen LogP contribution is -2.49. The average molecular weight is 540 g/mol. The molecule has 1 N–H and O–H groups in total. The van der Waals surface area contributed by atoms with Gasteiger partial charge in [0.1, 0.15) is 6.04 Å². The fraction of sp³-hybridized carbons (Fsp3) is 0.370. The number of anilines is 1. The minimum absolute atomic E-state index is 0.120. The summed E-state index contributed by atoms with van der Waals surface area (Å²) in [6, 6.07) is 12.1. The standard InChI is InChI=1S/C27H24BrClN2O3/c1-13-9-19(28)20(29)12-21(13)30-25(32)22(10-14-5-3-2-4-6-14)31-26(33)23-15-7-8-16(18-11-17(15)18)24(23)27(31)34/h2-9,12,15-18,22-24H,10-11H2,1H3,(H,30,32)/t15-,16-,17-,18-,22+,23-,24+/m1/s1. The Labute approximate surface area is 211 Å². The second kappa shape index (κ2) is 8.06. The number of hydrogen-bond donors (Lipinski definition) is 1. The van der Waals surface area contributed by atoms with Crippen LogP contribution in [0.25, 0.3) is 0 Å². The first-order valence-electron chi connectivity index (χ1n) is 11.7. The molecule has 2 aromatic rings. The summed E-state index contributed by atoms with van der Waals surface area (Å²) in [6.07, 6.45) is 5.66. The summed E-state index contributed by atoms with van der Waals surface area (Å²) in [7, 11) is 0. The average Bonchev–Trinajstić information content (AvgIpc) is 3.60. The monoisotopic (exact) mass is 538 g/mol. The van der Waals surface area contributed by atoms with Crippen molar-refractivity contribution in [2.75, 3.05) is 5.32 Å². The van der Waals surface area contributed by atoms with E-state index in [1.165, 1.54) is 4.90 Å². The van der Waals surface area contributed by atoms with Crippen LogP contribution in [0, 0.1) is 42.4 Å². The Morgan fingerprint density at radius 1 is 1.09 bits per heavy atom. The maximum atomic E-state index is 13.7. The first-order valence-corrected chi connectivity index (χ1v) is 12.9. The summed E-state index contributed by atoms with van der Waals surface area (Å²) in [4.78, 5) is 42.4. The van der Waals surface area contributed by atoms with E-state index in [0.717, 1.165) is 22.0 Å². The van der Waals surface area contributed by atoms with E-state index in [1.54, 1.807) is 6.07 Å². The summed E-state index contributed by atoms with van der Waals surface area (Å²) >= 11 is 9.67. The second-order valence-electron chi connectivity index (χ2n) is 9.98. The highest BCUT2D eigenvalue weighted by atomic mass is 79.9. The summed E-state index contributed by atoms with van der Waals surface area (Å²) in [6.45, 7) is 1.87. The number of halogens is 2. The Balaban J connectivity index is 1.34. The van der Waals surface area contributed by atoms with E-state index in [-0.39, 0.29) is 47.8 Å². The summed E-state index contributed by atoms with van der Waals surface area (Å²) in [5, 5.41) is 3.42. The molecule has 1 saturated heterocycles. The highest BCUT2D eigenvalue weighted by molar-refractivity contribution is 9.10. The quantitative estimate of drug-likeness (QED) is 0.429. The Hall–Kier alpha value is -2.44. The third-order valence-electron chi connectivity index (χ3n) is 8.11. The first kappa shape index (κ1) is 22.1. The van der Waals surface area contributed by atoms with Crippen molar-refractivity contribution in [3.8, 4) is 0 Å². The van der Waals surface area contributed by atoms with Crippen LogP contribution in [0.15, 0.2) is 59.1 Å². The van der Waals surface area contributed by atoms with Crippen LogP contribution in [0.3, 0.4) is 0 Å². The topological polar surface area (TPSA) is 66.5 Å². The van der Waals surface area contributed by atoms with Gasteiger partial charge in [-0.2, -0.15) is 0 Å². The predicted molar refractivity (Wildman–Crippen MR) is 133 cm³/mol. The predicted octanol–water partition coefficient (Wildman–Crippen LogP) is 5.01. The van der Waals surface area contributed by atoms with Crippen LogP contribution in [-0.2, 0) is 20.8 Å². The van der Waals surface area contributed by atoms with Crippen molar-refractivity contribution < 1.29 is 14.4 Å². The van der Waals surface area contributed by atoms with Gasteiger partial charge >= 0.3 is 0 Å². The molecule has 7 heteroatoms. The number of rotatable bonds is 5. The Morgan fingerprint density at radius 3 is 2.32 bits per heavy atom. The van der Waals surface area contributed by atoms with Crippen molar-refractivity contribution in [3.63, 3.8) is 0 Å². The van der Waals surface area contributed by atoms with Crippen molar-refractivity contribution in [1.82, 2.24) is 4.90 Å². The van der Waals surface area contributed by atoms with Crippen LogP contribution in [0.4, 0.5) is 5.69 Å². The van der Waals surface area contributed by atoms with E-state index in [0.29, 0.717) is 22.5 Å². The number of allylic oxidation sites excluding steroid dienone is 2. The third kappa shape index (κ3) is 3.37. The summed E-state index contributed by atoms with van der Waals surface area (Å²) in [5.74, 6) is -0.158. The molecule has 1 aliphatic heterocycles. The third-order valence-corrected chi connectivity index (χ3v) is 9.31. The number of carbonyl (C=O) groups excluding carboxylic acids is 3. The van der Waals surface area contributed by atoms with Crippen molar-refractivity contribution >= 4 is 50.9 Å². The van der Waals surface area contributed by atoms with Gasteiger partial charge in [0.15, 0.2) is 0 Å². The molecule has 5 aliphatic rings. The maximum absolute atomic E-state index is 13.7. The normalized spacial score (nSPS) is 31.3. The van der Waals surface area contributed by atoms with Crippen LogP contribution in [0.5, 0.6) is 0 Å². The first-order chi connectivity index (χ1) is 16.3. The molecule has 2 saturated carbocycles. The lowest BCUT2D eigenvalue weighted by atomic mass is 9.63.